The Morgan fingerprint density at radius 3 is 1.63 bits per heavy atom. The Bertz CT molecular complexity index is 1950. The summed E-state index contributed by atoms with van der Waals surface area (Å²) in [5.41, 5.74) is -1.65. The number of carbonyl (C=O) groups excluding carboxylic acids is 3. The van der Waals surface area contributed by atoms with Gasteiger partial charge in [0.25, 0.3) is 22.9 Å². The molecule has 13 nitrogen and oxygen atoms in total. The molecular formula is C28H25N7O6. The molecule has 0 fully saturated rings. The van der Waals surface area contributed by atoms with Crippen LogP contribution in [0.1, 0.15) is 47.3 Å². The van der Waals surface area contributed by atoms with E-state index >= 15 is 0 Å². The largest absolute Gasteiger partial charge is 0.444 e. The van der Waals surface area contributed by atoms with Crippen LogP contribution in [0.2, 0.25) is 0 Å². The topological polar surface area (TPSA) is 165 Å². The summed E-state index contributed by atoms with van der Waals surface area (Å²) in [5.74, 6) is -1.48. The van der Waals surface area contributed by atoms with Crippen LogP contribution in [0.5, 0.6) is 0 Å². The van der Waals surface area contributed by atoms with E-state index in [2.05, 4.69) is 25.9 Å². The van der Waals surface area contributed by atoms with Gasteiger partial charge in [0.15, 0.2) is 11.4 Å². The van der Waals surface area contributed by atoms with E-state index in [1.165, 1.54) is 6.07 Å². The average molecular weight is 556 g/mol. The number of para-hydroxylation sites is 3. The van der Waals surface area contributed by atoms with E-state index in [-0.39, 0.29) is 33.8 Å². The van der Waals surface area contributed by atoms with Crippen LogP contribution >= 0.6 is 0 Å². The number of rotatable bonds is 5. The van der Waals surface area contributed by atoms with Gasteiger partial charge in [-0.15, -0.1) is 0 Å². The molecule has 0 aliphatic heterocycles. The molecule has 5 rings (SSSR count). The lowest BCUT2D eigenvalue weighted by Crippen LogP contribution is -2.29. The molecule has 3 amide bonds. The van der Waals surface area contributed by atoms with Crippen molar-refractivity contribution in [2.45, 2.75) is 33.3 Å². The summed E-state index contributed by atoms with van der Waals surface area (Å²) >= 11 is 0. The second kappa shape index (κ2) is 10.2. The fourth-order valence-corrected chi connectivity index (χ4v) is 4.16. The van der Waals surface area contributed by atoms with Crippen LogP contribution in [0.15, 0.2) is 70.8 Å². The number of nitrogens with zero attached hydrogens (tertiary/aromatic N) is 4. The highest BCUT2D eigenvalue weighted by molar-refractivity contribution is 6.10. The third-order valence-electron chi connectivity index (χ3n) is 6.01. The van der Waals surface area contributed by atoms with Crippen LogP contribution in [0, 0.1) is 6.92 Å². The summed E-state index contributed by atoms with van der Waals surface area (Å²) in [5, 5.41) is 7.88. The number of amides is 3. The Balaban J connectivity index is 1.48. The maximum atomic E-state index is 13.4. The van der Waals surface area contributed by atoms with Crippen molar-refractivity contribution in [3.8, 4) is 0 Å². The Morgan fingerprint density at radius 2 is 1.15 bits per heavy atom. The van der Waals surface area contributed by atoms with Crippen LogP contribution in [-0.4, -0.2) is 42.3 Å². The van der Waals surface area contributed by atoms with E-state index in [1.54, 1.807) is 51.1 Å². The first-order valence-corrected chi connectivity index (χ1v) is 12.5. The second-order valence-electron chi connectivity index (χ2n) is 10.1. The molecule has 3 aromatic heterocycles. The lowest BCUT2D eigenvalue weighted by molar-refractivity contribution is 0.0635. The van der Waals surface area contributed by atoms with Crippen LogP contribution in [0.3, 0.4) is 0 Å². The predicted molar refractivity (Wildman–Crippen MR) is 151 cm³/mol. The molecule has 0 unspecified atom stereocenters. The summed E-state index contributed by atoms with van der Waals surface area (Å²) < 4.78 is 7.09. The fraction of sp³-hybridized carbons (Fsp3) is 0.179. The quantitative estimate of drug-likeness (QED) is 0.297. The molecule has 0 aliphatic rings. The Kier molecular flexibility index (Phi) is 6.71. The molecule has 0 radical (unpaired) electrons. The summed E-state index contributed by atoms with van der Waals surface area (Å²) in [6.07, 6.45) is 1.37. The zero-order chi connectivity index (χ0) is 29.5. The molecule has 3 heterocycles. The number of carbonyl (C=O) groups is 3. The van der Waals surface area contributed by atoms with E-state index in [1.807, 2.05) is 19.1 Å². The first kappa shape index (κ1) is 27.0. The maximum absolute atomic E-state index is 13.4. The number of aromatic nitrogens is 4. The van der Waals surface area contributed by atoms with Gasteiger partial charge in [-0.3, -0.25) is 33.3 Å². The van der Waals surface area contributed by atoms with Crippen LogP contribution in [0.4, 0.5) is 21.9 Å². The minimum atomic E-state index is -0.806. The maximum Gasteiger partial charge on any atom is 0.412 e. The van der Waals surface area contributed by atoms with Gasteiger partial charge in [-0.05, 0) is 51.5 Å². The fourth-order valence-electron chi connectivity index (χ4n) is 4.16. The molecule has 0 saturated carbocycles. The van der Waals surface area contributed by atoms with Crippen molar-refractivity contribution in [1.29, 1.82) is 0 Å². The van der Waals surface area contributed by atoms with E-state index in [9.17, 15) is 24.0 Å². The van der Waals surface area contributed by atoms with Crippen LogP contribution in [-0.2, 0) is 4.74 Å². The molecular weight excluding hydrogens is 530 g/mol. The zero-order valence-electron chi connectivity index (χ0n) is 22.5. The minimum Gasteiger partial charge on any atom is -0.444 e. The highest BCUT2D eigenvalue weighted by Crippen LogP contribution is 2.23. The van der Waals surface area contributed by atoms with Gasteiger partial charge in [0, 0.05) is 5.69 Å². The number of benzene rings is 2. The molecule has 41 heavy (non-hydrogen) atoms. The monoisotopic (exact) mass is 555 g/mol. The van der Waals surface area contributed by atoms with Gasteiger partial charge in [-0.25, -0.2) is 14.8 Å². The molecule has 0 saturated heterocycles. The number of nitrogens with one attached hydrogen (secondary N) is 3. The summed E-state index contributed by atoms with van der Waals surface area (Å²) in [4.78, 5) is 73.3. The van der Waals surface area contributed by atoms with E-state index < -0.39 is 34.6 Å². The Morgan fingerprint density at radius 1 is 0.707 bits per heavy atom. The van der Waals surface area contributed by atoms with Gasteiger partial charge in [-0.1, -0.05) is 30.3 Å². The van der Waals surface area contributed by atoms with Crippen LogP contribution < -0.4 is 27.1 Å². The molecule has 208 valence electrons. The lowest BCUT2D eigenvalue weighted by Gasteiger charge is -2.20. The smallest absolute Gasteiger partial charge is 0.412 e. The molecule has 0 aliphatic carbocycles. The first-order chi connectivity index (χ1) is 19.4. The van der Waals surface area contributed by atoms with Gasteiger partial charge in [0.2, 0.25) is 0 Å². The molecule has 3 N–H and O–H groups in total. The number of hydrogen-bond donors (Lipinski definition) is 3. The molecule has 0 spiro atoms. The van der Waals surface area contributed by atoms with E-state index in [4.69, 9.17) is 4.74 Å². The highest BCUT2D eigenvalue weighted by atomic mass is 16.6. The van der Waals surface area contributed by atoms with Crippen molar-refractivity contribution in [3.05, 3.63) is 98.8 Å². The van der Waals surface area contributed by atoms with Gasteiger partial charge in [0.05, 0.1) is 11.4 Å². The number of anilines is 3. The predicted octanol–water partition coefficient (Wildman–Crippen LogP) is 3.30. The minimum absolute atomic E-state index is 0.207. The molecule has 0 bridgehead atoms. The van der Waals surface area contributed by atoms with Crippen molar-refractivity contribution in [3.63, 3.8) is 0 Å². The number of aryl methyl sites for hydroxylation is 1. The Hall–Kier alpha value is -5.59. The lowest BCUT2D eigenvalue weighted by atomic mass is 10.2. The number of fused-ring (bicyclic) bond motifs is 2. The van der Waals surface area contributed by atoms with Gasteiger partial charge >= 0.3 is 6.09 Å². The van der Waals surface area contributed by atoms with Crippen molar-refractivity contribution in [1.82, 2.24) is 18.8 Å². The SMILES string of the molecule is Cc1ccccc1NC(=O)c1ncn2c(=O)c3c(C(=O)Nc4ccccc4NC(=O)OC(C)(C)C)ncn3c(=O)c12. The van der Waals surface area contributed by atoms with E-state index in [0.29, 0.717) is 5.69 Å². The Labute approximate surface area is 232 Å². The normalized spacial score (nSPS) is 11.4. The third kappa shape index (κ3) is 5.20. The first-order valence-electron chi connectivity index (χ1n) is 12.5. The van der Waals surface area contributed by atoms with Crippen molar-refractivity contribution in [2.75, 3.05) is 16.0 Å². The highest BCUT2D eigenvalue weighted by Gasteiger charge is 2.26. The van der Waals surface area contributed by atoms with Crippen molar-refractivity contribution < 1.29 is 19.1 Å². The van der Waals surface area contributed by atoms with Gasteiger partial charge < -0.3 is 15.4 Å². The van der Waals surface area contributed by atoms with Crippen molar-refractivity contribution >= 4 is 46.0 Å². The van der Waals surface area contributed by atoms with Gasteiger partial charge in [0.1, 0.15) is 29.3 Å². The zero-order valence-corrected chi connectivity index (χ0v) is 22.5. The standard InChI is InChI=1S/C28H25N7O6/c1-15-9-5-6-10-16(15)31-23(36)19-21-25(38)35-14-30-20(22(35)26(39)34(21)13-29-19)24(37)32-17-11-7-8-12-18(17)33-27(40)41-28(2,3)4/h5-14H,1-4H3,(H,31,36)(H,32,37)(H,33,40). The summed E-state index contributed by atoms with van der Waals surface area (Å²) in [6, 6.07) is 13.4. The third-order valence-corrected chi connectivity index (χ3v) is 6.01. The molecule has 2 aromatic carbocycles. The molecule has 5 aromatic rings. The number of imidazole rings is 2. The average Bonchev–Trinajstić information content (AvgIpc) is 3.55. The summed E-state index contributed by atoms with van der Waals surface area (Å²) in [7, 11) is 0. The van der Waals surface area contributed by atoms with Crippen molar-refractivity contribution in [2.24, 2.45) is 0 Å². The van der Waals surface area contributed by atoms with E-state index in [0.717, 1.165) is 27.0 Å². The van der Waals surface area contributed by atoms with Crippen LogP contribution in [0.25, 0.3) is 11.0 Å². The van der Waals surface area contributed by atoms with Gasteiger partial charge in [-0.2, -0.15) is 0 Å². The second-order valence-corrected chi connectivity index (χ2v) is 10.1. The number of hydrogen-bond acceptors (Lipinski definition) is 8. The number of ether oxygens (including phenoxy) is 1. The molecule has 13 heteroatoms. The summed E-state index contributed by atoms with van der Waals surface area (Å²) in [6.45, 7) is 6.95. The molecule has 0 atom stereocenters.